The summed E-state index contributed by atoms with van der Waals surface area (Å²) in [5, 5.41) is 32.0. The van der Waals surface area contributed by atoms with Crippen molar-refractivity contribution in [3.8, 4) is 0 Å². The van der Waals surface area contributed by atoms with Gasteiger partial charge in [0, 0.05) is 34.7 Å². The van der Waals surface area contributed by atoms with Gasteiger partial charge in [-0.2, -0.15) is 0 Å². The zero-order chi connectivity index (χ0) is 32.0. The summed E-state index contributed by atoms with van der Waals surface area (Å²) in [5.74, 6) is 0.392. The van der Waals surface area contributed by atoms with Gasteiger partial charge in [0.25, 0.3) is 0 Å². The van der Waals surface area contributed by atoms with Crippen molar-refractivity contribution in [1.29, 1.82) is 0 Å². The third-order valence-electron chi connectivity index (χ3n) is 12.9. The van der Waals surface area contributed by atoms with Crippen molar-refractivity contribution in [1.82, 2.24) is 4.57 Å². The predicted octanol–water partition coefficient (Wildman–Crippen LogP) is 4.97. The molecule has 1 aromatic heterocycles. The third-order valence-corrected chi connectivity index (χ3v) is 12.9. The summed E-state index contributed by atoms with van der Waals surface area (Å²) in [7, 11) is 0. The van der Waals surface area contributed by atoms with E-state index in [9.17, 15) is 24.9 Å². The van der Waals surface area contributed by atoms with E-state index >= 15 is 0 Å². The highest BCUT2D eigenvalue weighted by Crippen LogP contribution is 2.70. The molecule has 1 aromatic carbocycles. The number of ether oxygens (including phenoxy) is 2. The molecule has 5 fully saturated rings. The van der Waals surface area contributed by atoms with Gasteiger partial charge in [-0.1, -0.05) is 62.6 Å². The maximum Gasteiger partial charge on any atom is 0.193 e. The Morgan fingerprint density at radius 1 is 1.15 bits per heavy atom. The molecule has 1 saturated heterocycles. The first kappa shape index (κ1) is 30.5. The maximum atomic E-state index is 13.9. The number of ketones is 2. The Hall–Kier alpha value is -2.88. The lowest BCUT2D eigenvalue weighted by atomic mass is 9.46. The molecule has 244 valence electrons. The molecule has 8 heteroatoms. The molecule has 1 aliphatic heterocycles. The Morgan fingerprint density at radius 3 is 2.74 bits per heavy atom. The number of hydrogen-bond donors (Lipinski definition) is 3. The van der Waals surface area contributed by atoms with Gasteiger partial charge in [0.2, 0.25) is 0 Å². The zero-order valence-electron chi connectivity index (χ0n) is 26.7. The summed E-state index contributed by atoms with van der Waals surface area (Å²) >= 11 is 0. The van der Waals surface area contributed by atoms with E-state index in [-0.39, 0.29) is 42.0 Å². The van der Waals surface area contributed by atoms with Crippen LogP contribution in [0.15, 0.2) is 66.5 Å². The maximum absolute atomic E-state index is 13.9. The third kappa shape index (κ3) is 4.37. The molecule has 2 heterocycles. The van der Waals surface area contributed by atoms with Gasteiger partial charge in [0.1, 0.15) is 6.61 Å². The molecule has 46 heavy (non-hydrogen) atoms. The van der Waals surface area contributed by atoms with Crippen molar-refractivity contribution in [2.24, 2.45) is 34.5 Å². The van der Waals surface area contributed by atoms with Crippen molar-refractivity contribution in [2.75, 3.05) is 6.61 Å². The highest BCUT2D eigenvalue weighted by Gasteiger charge is 2.76. The molecule has 0 spiro atoms. The first-order valence-electron chi connectivity index (χ1n) is 17.1. The summed E-state index contributed by atoms with van der Waals surface area (Å²) in [6.07, 6.45) is 13.5. The van der Waals surface area contributed by atoms with Crippen LogP contribution < -0.4 is 0 Å². The number of fused-ring (bicyclic) bond motifs is 7. The fraction of sp³-hybridized carbons (Fsp3) is 0.579. The summed E-state index contributed by atoms with van der Waals surface area (Å²) in [5.41, 5.74) is 1.43. The molecule has 2 aromatic rings. The van der Waals surface area contributed by atoms with E-state index in [1.807, 2.05) is 30.5 Å². The molecular weight excluding hydrogens is 582 g/mol. The number of aromatic nitrogens is 1. The van der Waals surface area contributed by atoms with Gasteiger partial charge >= 0.3 is 0 Å². The quantitative estimate of drug-likeness (QED) is 0.378. The van der Waals surface area contributed by atoms with Crippen LogP contribution in [0.3, 0.4) is 0 Å². The SMILES string of the molecule is C[C@]12C=CC(=O)C=C1CC[C@@H]1[C@@H]2[C@@H](O)C[C@@]2(C)[C@H]1C[C@H]1O[C@@H](c3ccn([C@@H](CC4CC4)c4cccc(CO)c4)c3)O[C@]12C(=O)CO. The average molecular weight is 628 g/mol. The fourth-order valence-electron chi connectivity index (χ4n) is 10.6. The second kappa shape index (κ2) is 10.8. The van der Waals surface area contributed by atoms with E-state index < -0.39 is 41.5 Å². The average Bonchev–Trinajstić information content (AvgIpc) is 3.48. The number of aliphatic hydroxyl groups excluding tert-OH is 3. The van der Waals surface area contributed by atoms with E-state index in [0.717, 1.165) is 41.5 Å². The molecule has 0 bridgehead atoms. The smallest absolute Gasteiger partial charge is 0.193 e. The number of carbonyl (C=O) groups excluding carboxylic acids is 2. The largest absolute Gasteiger partial charge is 0.393 e. The van der Waals surface area contributed by atoms with Gasteiger partial charge in [-0.05, 0) is 79.2 Å². The Morgan fingerprint density at radius 2 is 1.98 bits per heavy atom. The van der Waals surface area contributed by atoms with Crippen molar-refractivity contribution >= 4 is 11.6 Å². The lowest BCUT2D eigenvalue weighted by Crippen LogP contribution is -2.63. The number of nitrogens with zero attached hydrogens (tertiary/aromatic N) is 1. The number of aliphatic hydroxyl groups is 3. The molecule has 8 rings (SSSR count). The fourth-order valence-corrected chi connectivity index (χ4v) is 10.6. The van der Waals surface area contributed by atoms with Crippen LogP contribution in [-0.2, 0) is 25.7 Å². The minimum Gasteiger partial charge on any atom is -0.393 e. The van der Waals surface area contributed by atoms with Gasteiger partial charge < -0.3 is 29.4 Å². The van der Waals surface area contributed by atoms with Crippen molar-refractivity contribution in [2.45, 2.75) is 95.5 Å². The van der Waals surface area contributed by atoms with Gasteiger partial charge in [0.15, 0.2) is 23.5 Å². The van der Waals surface area contributed by atoms with Crippen LogP contribution in [0.4, 0.5) is 0 Å². The molecule has 10 atom stereocenters. The van der Waals surface area contributed by atoms with Crippen LogP contribution in [0, 0.1) is 34.5 Å². The minimum absolute atomic E-state index is 0.00293. The van der Waals surface area contributed by atoms with E-state index in [1.54, 1.807) is 12.2 Å². The number of rotatable bonds is 8. The molecule has 8 nitrogen and oxygen atoms in total. The minimum atomic E-state index is -1.37. The Balaban J connectivity index is 1.10. The first-order chi connectivity index (χ1) is 22.1. The molecular formula is C38H45NO7. The molecule has 5 aliphatic carbocycles. The van der Waals surface area contributed by atoms with Crippen LogP contribution in [0.1, 0.15) is 87.8 Å². The molecule has 4 saturated carbocycles. The Bertz CT molecular complexity index is 1620. The second-order valence-electron chi connectivity index (χ2n) is 15.3. The Kier molecular flexibility index (Phi) is 7.16. The van der Waals surface area contributed by atoms with Crippen LogP contribution >= 0.6 is 0 Å². The number of carbonyl (C=O) groups is 2. The van der Waals surface area contributed by atoms with Crippen LogP contribution in [0.25, 0.3) is 0 Å². The number of allylic oxidation sites excluding steroid dienone is 4. The van der Waals surface area contributed by atoms with Crippen LogP contribution in [-0.4, -0.2) is 55.9 Å². The van der Waals surface area contributed by atoms with Crippen molar-refractivity contribution in [3.05, 3.63) is 83.2 Å². The van der Waals surface area contributed by atoms with Gasteiger partial charge in [-0.25, -0.2) is 0 Å². The molecule has 3 N–H and O–H groups in total. The Labute approximate surface area is 270 Å². The molecule has 0 radical (unpaired) electrons. The normalized spacial score (nSPS) is 40.1. The van der Waals surface area contributed by atoms with E-state index in [0.29, 0.717) is 18.8 Å². The van der Waals surface area contributed by atoms with Gasteiger partial charge in [-0.3, -0.25) is 9.59 Å². The summed E-state index contributed by atoms with van der Waals surface area (Å²) in [6, 6.07) is 10.2. The van der Waals surface area contributed by atoms with Gasteiger partial charge in [-0.15, -0.1) is 0 Å². The first-order valence-corrected chi connectivity index (χ1v) is 17.1. The van der Waals surface area contributed by atoms with E-state index in [1.165, 1.54) is 12.8 Å². The van der Waals surface area contributed by atoms with Crippen molar-refractivity contribution in [3.63, 3.8) is 0 Å². The van der Waals surface area contributed by atoms with Crippen molar-refractivity contribution < 1.29 is 34.4 Å². The number of Topliss-reactive ketones (excluding diaryl/α,β-unsaturated/α-hetero) is 1. The predicted molar refractivity (Wildman–Crippen MR) is 169 cm³/mol. The van der Waals surface area contributed by atoms with E-state index in [2.05, 4.69) is 36.7 Å². The highest BCUT2D eigenvalue weighted by molar-refractivity contribution is 6.01. The monoisotopic (exact) mass is 627 g/mol. The lowest BCUT2D eigenvalue weighted by Gasteiger charge is -2.59. The summed E-state index contributed by atoms with van der Waals surface area (Å²) in [4.78, 5) is 26.1. The second-order valence-corrected chi connectivity index (χ2v) is 15.3. The molecule has 0 amide bonds. The van der Waals surface area contributed by atoms with Crippen LogP contribution in [0.2, 0.25) is 0 Å². The molecule has 0 unspecified atom stereocenters. The summed E-state index contributed by atoms with van der Waals surface area (Å²) < 4.78 is 15.7. The topological polar surface area (TPSA) is 118 Å². The lowest BCUT2D eigenvalue weighted by molar-refractivity contribution is -0.201. The number of hydrogen-bond acceptors (Lipinski definition) is 7. The number of benzene rings is 1. The van der Waals surface area contributed by atoms with E-state index in [4.69, 9.17) is 9.47 Å². The standard InChI is InChI=1S/C38H45NO7/c1-36-12-10-27(42)16-26(36)8-9-28-29-17-33-38(32(44)21-41,37(29,2)18-31(43)34(28)36)46-35(45-33)25-11-13-39(19-25)30(15-22-6-7-22)24-5-3-4-23(14-24)20-40/h3-5,10-14,16,19,22,28-31,33-35,40-41,43H,6-9,15,17-18,20-21H2,1-2H3/t28-,29-,30-,31-,33+,34+,35+,36-,37-,38+/m0/s1. The molecule has 6 aliphatic rings. The van der Waals surface area contributed by atoms with Crippen LogP contribution in [0.5, 0.6) is 0 Å². The zero-order valence-corrected chi connectivity index (χ0v) is 26.7. The highest BCUT2D eigenvalue weighted by atomic mass is 16.7. The summed E-state index contributed by atoms with van der Waals surface area (Å²) in [6.45, 7) is 3.55. The van der Waals surface area contributed by atoms with Gasteiger partial charge in [0.05, 0.1) is 24.9 Å².